The molecule has 1 unspecified atom stereocenters. The van der Waals surface area contributed by atoms with Crippen molar-refractivity contribution >= 4 is 18.4 Å². The summed E-state index contributed by atoms with van der Waals surface area (Å²) in [4.78, 5) is 17.2. The molecular weight excluding hydrogens is 316 g/mol. The molecule has 5 nitrogen and oxygen atoms in total. The summed E-state index contributed by atoms with van der Waals surface area (Å²) < 4.78 is 0. The molecule has 1 aliphatic carbocycles. The monoisotopic (exact) mass is 342 g/mol. The van der Waals surface area contributed by atoms with Gasteiger partial charge in [0.15, 0.2) is 0 Å². The summed E-state index contributed by atoms with van der Waals surface area (Å²) in [6.07, 6.45) is 3.15. The quantitative estimate of drug-likeness (QED) is 0.742. The summed E-state index contributed by atoms with van der Waals surface area (Å²) in [5.74, 6) is 0. The molecule has 0 amide bonds. The zero-order valence-electron chi connectivity index (χ0n) is 14.7. The highest BCUT2D eigenvalue weighted by Crippen LogP contribution is 2.32. The lowest BCUT2D eigenvalue weighted by Gasteiger charge is -2.12. The SMILES string of the molecule is CC=O.CNC1CCc2cc(NCc3ccccc3)ccc21.O=CO. The van der Waals surface area contributed by atoms with E-state index in [2.05, 4.69) is 59.2 Å². The number of hydrogen-bond acceptors (Lipinski definition) is 4. The number of rotatable bonds is 4. The highest BCUT2D eigenvalue weighted by Gasteiger charge is 2.20. The summed E-state index contributed by atoms with van der Waals surface area (Å²) in [6.45, 7) is 2.08. The van der Waals surface area contributed by atoms with E-state index in [0.717, 1.165) is 12.8 Å². The highest BCUT2D eigenvalue weighted by atomic mass is 16.3. The molecule has 134 valence electrons. The normalized spacial score (nSPS) is 14.1. The smallest absolute Gasteiger partial charge is 0.290 e. The Hall–Kier alpha value is -2.66. The van der Waals surface area contributed by atoms with Crippen molar-refractivity contribution in [2.45, 2.75) is 32.4 Å². The summed E-state index contributed by atoms with van der Waals surface area (Å²) in [7, 11) is 2.04. The Morgan fingerprint density at radius 3 is 2.40 bits per heavy atom. The first-order valence-electron chi connectivity index (χ1n) is 8.25. The Bertz CT molecular complexity index is 639. The number of aldehydes is 1. The largest absolute Gasteiger partial charge is 0.483 e. The average molecular weight is 342 g/mol. The van der Waals surface area contributed by atoms with Crippen LogP contribution in [0.25, 0.3) is 0 Å². The van der Waals surface area contributed by atoms with Crippen LogP contribution in [0.15, 0.2) is 48.5 Å². The van der Waals surface area contributed by atoms with Crippen molar-refractivity contribution in [1.82, 2.24) is 5.32 Å². The Kier molecular flexibility index (Phi) is 9.63. The molecule has 0 saturated carbocycles. The van der Waals surface area contributed by atoms with Crippen LogP contribution in [0.4, 0.5) is 5.69 Å². The molecule has 0 bridgehead atoms. The van der Waals surface area contributed by atoms with Crippen LogP contribution < -0.4 is 10.6 Å². The molecule has 0 aromatic heterocycles. The van der Waals surface area contributed by atoms with Gasteiger partial charge in [0.05, 0.1) is 0 Å². The van der Waals surface area contributed by atoms with Gasteiger partial charge < -0.3 is 20.5 Å². The lowest BCUT2D eigenvalue weighted by Crippen LogP contribution is -2.12. The number of anilines is 1. The first-order chi connectivity index (χ1) is 12.2. The van der Waals surface area contributed by atoms with Gasteiger partial charge in [-0.15, -0.1) is 0 Å². The van der Waals surface area contributed by atoms with Gasteiger partial charge >= 0.3 is 0 Å². The molecule has 25 heavy (non-hydrogen) atoms. The fraction of sp³-hybridized carbons (Fsp3) is 0.300. The maximum absolute atomic E-state index is 8.81. The van der Waals surface area contributed by atoms with Crippen molar-refractivity contribution in [2.24, 2.45) is 0 Å². The standard InChI is InChI=1S/C17H20N2.C2H4O.CH2O2/c1-18-17-10-7-14-11-15(8-9-16(14)17)19-12-13-5-3-2-4-6-13;1-2-3;2-1-3/h2-6,8-9,11,17-19H,7,10,12H2,1H3;2H,1H3;1H,(H,2,3). The number of aryl methyl sites for hydroxylation is 1. The Morgan fingerprint density at radius 1 is 1.16 bits per heavy atom. The summed E-state index contributed by atoms with van der Waals surface area (Å²) in [5, 5.41) is 13.8. The number of carbonyl (C=O) groups excluding carboxylic acids is 1. The highest BCUT2D eigenvalue weighted by molar-refractivity contribution is 5.51. The van der Waals surface area contributed by atoms with E-state index in [0.29, 0.717) is 6.04 Å². The first kappa shape index (κ1) is 20.4. The van der Waals surface area contributed by atoms with Gasteiger partial charge in [-0.3, -0.25) is 4.79 Å². The van der Waals surface area contributed by atoms with Crippen LogP contribution in [0, 0.1) is 0 Å². The number of benzene rings is 2. The maximum atomic E-state index is 8.81. The number of carboxylic acid groups (broad SMARTS) is 1. The summed E-state index contributed by atoms with van der Waals surface area (Å²) >= 11 is 0. The van der Waals surface area contributed by atoms with Crippen molar-refractivity contribution in [3.05, 3.63) is 65.2 Å². The zero-order chi connectivity index (χ0) is 18.5. The third kappa shape index (κ3) is 6.77. The van der Waals surface area contributed by atoms with Gasteiger partial charge in [0, 0.05) is 18.3 Å². The molecule has 3 N–H and O–H groups in total. The molecule has 0 fully saturated rings. The lowest BCUT2D eigenvalue weighted by molar-refractivity contribution is -0.122. The average Bonchev–Trinajstić information content (AvgIpc) is 3.04. The molecule has 1 aliphatic rings. The zero-order valence-corrected chi connectivity index (χ0v) is 14.7. The molecular formula is C20H26N2O3. The molecule has 0 heterocycles. The molecule has 2 aromatic rings. The second-order valence-corrected chi connectivity index (χ2v) is 5.47. The molecule has 0 spiro atoms. The predicted octanol–water partition coefficient (Wildman–Crippen LogP) is 3.41. The van der Waals surface area contributed by atoms with E-state index in [-0.39, 0.29) is 6.47 Å². The third-order valence-electron chi connectivity index (χ3n) is 3.91. The van der Waals surface area contributed by atoms with Crippen LogP contribution in [0.1, 0.15) is 36.1 Å². The first-order valence-corrected chi connectivity index (χ1v) is 8.25. The molecule has 1 atom stereocenters. The second-order valence-electron chi connectivity index (χ2n) is 5.47. The number of carbonyl (C=O) groups is 2. The molecule has 3 rings (SSSR count). The Labute approximate surface area is 149 Å². The van der Waals surface area contributed by atoms with Crippen LogP contribution in [0.5, 0.6) is 0 Å². The van der Waals surface area contributed by atoms with Gasteiger partial charge in [-0.05, 0) is 55.6 Å². The van der Waals surface area contributed by atoms with Crippen LogP contribution in [-0.4, -0.2) is 24.9 Å². The van der Waals surface area contributed by atoms with E-state index in [9.17, 15) is 0 Å². The van der Waals surface area contributed by atoms with Crippen LogP contribution >= 0.6 is 0 Å². The van der Waals surface area contributed by atoms with Crippen molar-refractivity contribution in [3.8, 4) is 0 Å². The van der Waals surface area contributed by atoms with Crippen molar-refractivity contribution in [1.29, 1.82) is 0 Å². The van der Waals surface area contributed by atoms with Gasteiger partial charge in [0.25, 0.3) is 6.47 Å². The fourth-order valence-corrected chi connectivity index (χ4v) is 2.83. The third-order valence-corrected chi connectivity index (χ3v) is 3.91. The van der Waals surface area contributed by atoms with Crippen LogP contribution in [-0.2, 0) is 22.6 Å². The van der Waals surface area contributed by atoms with Crippen LogP contribution in [0.2, 0.25) is 0 Å². The van der Waals surface area contributed by atoms with Crippen molar-refractivity contribution < 1.29 is 14.7 Å². The van der Waals surface area contributed by atoms with Gasteiger partial charge in [0.1, 0.15) is 6.29 Å². The molecule has 5 heteroatoms. The van der Waals surface area contributed by atoms with Gasteiger partial charge in [-0.2, -0.15) is 0 Å². The van der Waals surface area contributed by atoms with E-state index < -0.39 is 0 Å². The van der Waals surface area contributed by atoms with E-state index in [1.165, 1.54) is 42.1 Å². The summed E-state index contributed by atoms with van der Waals surface area (Å²) in [5.41, 5.74) is 5.49. The topological polar surface area (TPSA) is 78.4 Å². The minimum atomic E-state index is -0.250. The molecule has 0 radical (unpaired) electrons. The summed E-state index contributed by atoms with van der Waals surface area (Å²) in [6, 6.07) is 17.8. The minimum Gasteiger partial charge on any atom is -0.483 e. The Morgan fingerprint density at radius 2 is 1.80 bits per heavy atom. The van der Waals surface area contributed by atoms with E-state index >= 15 is 0 Å². The van der Waals surface area contributed by atoms with Crippen LogP contribution in [0.3, 0.4) is 0 Å². The molecule has 0 aliphatic heterocycles. The van der Waals surface area contributed by atoms with E-state index in [1.54, 1.807) is 0 Å². The van der Waals surface area contributed by atoms with Gasteiger partial charge in [-0.25, -0.2) is 0 Å². The molecule has 0 saturated heterocycles. The van der Waals surface area contributed by atoms with Gasteiger partial charge in [-0.1, -0.05) is 36.4 Å². The van der Waals surface area contributed by atoms with Crippen molar-refractivity contribution in [3.63, 3.8) is 0 Å². The molecule has 2 aromatic carbocycles. The fourth-order valence-electron chi connectivity index (χ4n) is 2.83. The number of hydrogen-bond donors (Lipinski definition) is 3. The van der Waals surface area contributed by atoms with E-state index in [1.807, 2.05) is 7.05 Å². The van der Waals surface area contributed by atoms with E-state index in [4.69, 9.17) is 14.7 Å². The number of nitrogens with one attached hydrogen (secondary N) is 2. The minimum absolute atomic E-state index is 0.250. The van der Waals surface area contributed by atoms with Crippen molar-refractivity contribution in [2.75, 3.05) is 12.4 Å². The Balaban J connectivity index is 0.000000460. The van der Waals surface area contributed by atoms with Gasteiger partial charge in [0.2, 0.25) is 0 Å². The maximum Gasteiger partial charge on any atom is 0.290 e. The lowest BCUT2D eigenvalue weighted by atomic mass is 10.1. The number of fused-ring (bicyclic) bond motifs is 1. The second kappa shape index (κ2) is 11.8. The predicted molar refractivity (Wildman–Crippen MR) is 101 cm³/mol.